The zero-order chi connectivity index (χ0) is 18.7. The van der Waals surface area contributed by atoms with Crippen molar-refractivity contribution < 1.29 is 17.9 Å². The lowest BCUT2D eigenvalue weighted by Gasteiger charge is -2.48. The zero-order valence-electron chi connectivity index (χ0n) is 15.3. The van der Waals surface area contributed by atoms with E-state index in [4.69, 9.17) is 4.74 Å². The number of nitrogens with one attached hydrogen (secondary N) is 1. The molecule has 2 saturated heterocycles. The molecule has 2 heterocycles. The van der Waals surface area contributed by atoms with E-state index in [2.05, 4.69) is 5.32 Å². The van der Waals surface area contributed by atoms with Gasteiger partial charge in [0.25, 0.3) is 0 Å². The van der Waals surface area contributed by atoms with Gasteiger partial charge in [-0.1, -0.05) is 18.2 Å². The van der Waals surface area contributed by atoms with Gasteiger partial charge < -0.3 is 15.0 Å². The Morgan fingerprint density at radius 2 is 1.77 bits per heavy atom. The summed E-state index contributed by atoms with van der Waals surface area (Å²) in [6.07, 6.45) is 1.57. The fraction of sp³-hybridized carbons (Fsp3) is 0.611. The number of benzene rings is 1. The molecule has 0 unspecified atom stereocenters. The largest absolute Gasteiger partial charge is 0.381 e. The van der Waals surface area contributed by atoms with Crippen molar-refractivity contribution in [3.63, 3.8) is 0 Å². The average Bonchev–Trinajstić information content (AvgIpc) is 2.58. The molecule has 0 bridgehead atoms. The lowest BCUT2D eigenvalue weighted by atomic mass is 10.0. The third kappa shape index (κ3) is 4.02. The van der Waals surface area contributed by atoms with Crippen molar-refractivity contribution in [3.05, 3.63) is 30.3 Å². The lowest BCUT2D eigenvalue weighted by Crippen LogP contribution is -2.66. The molecule has 1 N–H and O–H groups in total. The molecular weight excluding hydrogens is 354 g/mol. The normalized spacial score (nSPS) is 20.0. The van der Waals surface area contributed by atoms with Gasteiger partial charge in [-0.2, -0.15) is 4.31 Å². The van der Waals surface area contributed by atoms with Crippen LogP contribution in [0.3, 0.4) is 0 Å². The highest BCUT2D eigenvalue weighted by Crippen LogP contribution is 2.28. The number of hydrogen-bond acceptors (Lipinski definition) is 4. The molecule has 8 heteroatoms. The van der Waals surface area contributed by atoms with Crippen molar-refractivity contribution in [1.82, 2.24) is 14.5 Å². The predicted octanol–water partition coefficient (Wildman–Crippen LogP) is 1.66. The van der Waals surface area contributed by atoms with Gasteiger partial charge in [-0.15, -0.1) is 0 Å². The van der Waals surface area contributed by atoms with Crippen LogP contribution in [-0.2, 0) is 14.8 Å². The number of ether oxygens (including phenoxy) is 1. The number of sulfonamides is 1. The van der Waals surface area contributed by atoms with Crippen molar-refractivity contribution >= 4 is 16.1 Å². The summed E-state index contributed by atoms with van der Waals surface area (Å²) in [7, 11) is -3.50. The molecule has 26 heavy (non-hydrogen) atoms. The van der Waals surface area contributed by atoms with Gasteiger partial charge in [0, 0.05) is 38.4 Å². The van der Waals surface area contributed by atoms with Crippen LogP contribution in [-0.4, -0.2) is 68.1 Å². The van der Waals surface area contributed by atoms with Gasteiger partial charge >= 0.3 is 6.03 Å². The van der Waals surface area contributed by atoms with Gasteiger partial charge in [-0.05, 0) is 38.8 Å². The maximum atomic E-state index is 12.7. The van der Waals surface area contributed by atoms with Gasteiger partial charge in [0.2, 0.25) is 10.0 Å². The Kier molecular flexibility index (Phi) is 5.84. The minimum absolute atomic E-state index is 0.0362. The zero-order valence-corrected chi connectivity index (χ0v) is 16.1. The third-order valence-corrected chi connectivity index (χ3v) is 6.68. The monoisotopic (exact) mass is 381 g/mol. The van der Waals surface area contributed by atoms with Crippen molar-refractivity contribution in [1.29, 1.82) is 0 Å². The van der Waals surface area contributed by atoms with Crippen molar-refractivity contribution in [3.8, 4) is 0 Å². The highest BCUT2D eigenvalue weighted by Gasteiger charge is 2.43. The van der Waals surface area contributed by atoms with Crippen molar-refractivity contribution in [2.45, 2.75) is 49.7 Å². The Bertz CT molecular complexity index is 711. The van der Waals surface area contributed by atoms with Gasteiger partial charge in [0.1, 0.15) is 0 Å². The summed E-state index contributed by atoms with van der Waals surface area (Å²) in [5.74, 6) is 0. The van der Waals surface area contributed by atoms with Gasteiger partial charge in [-0.3, -0.25) is 0 Å². The van der Waals surface area contributed by atoms with Crippen molar-refractivity contribution in [2.24, 2.45) is 0 Å². The van der Waals surface area contributed by atoms with Gasteiger partial charge in [-0.25, -0.2) is 13.2 Å². The summed E-state index contributed by atoms with van der Waals surface area (Å²) >= 11 is 0. The van der Waals surface area contributed by atoms with Crippen LogP contribution in [0.25, 0.3) is 0 Å². The second-order valence-electron chi connectivity index (χ2n) is 7.14. The quantitative estimate of drug-likeness (QED) is 0.841. The van der Waals surface area contributed by atoms with E-state index < -0.39 is 10.0 Å². The Labute approximate surface area is 155 Å². The fourth-order valence-electron chi connectivity index (χ4n) is 3.44. The molecule has 1 aromatic rings. The van der Waals surface area contributed by atoms with Crippen LogP contribution < -0.4 is 5.32 Å². The molecule has 2 fully saturated rings. The second kappa shape index (κ2) is 7.94. The summed E-state index contributed by atoms with van der Waals surface area (Å²) in [5.41, 5.74) is 0. The number of carbonyl (C=O) groups is 1. The molecule has 0 saturated carbocycles. The van der Waals surface area contributed by atoms with Crippen LogP contribution in [0.1, 0.15) is 26.7 Å². The average molecular weight is 381 g/mol. The van der Waals surface area contributed by atoms with E-state index in [1.807, 2.05) is 18.7 Å². The summed E-state index contributed by atoms with van der Waals surface area (Å²) < 4.78 is 32.2. The number of nitrogens with zero attached hydrogens (tertiary/aromatic N) is 2. The minimum atomic E-state index is -3.50. The van der Waals surface area contributed by atoms with Crippen molar-refractivity contribution in [2.75, 3.05) is 26.3 Å². The summed E-state index contributed by atoms with van der Waals surface area (Å²) in [6.45, 7) is 5.78. The second-order valence-corrected chi connectivity index (χ2v) is 9.08. The van der Waals surface area contributed by atoms with E-state index in [0.29, 0.717) is 31.2 Å². The van der Waals surface area contributed by atoms with Crippen LogP contribution in [0.5, 0.6) is 0 Å². The Morgan fingerprint density at radius 3 is 2.35 bits per heavy atom. The van der Waals surface area contributed by atoms with E-state index in [-0.39, 0.29) is 24.2 Å². The smallest absolute Gasteiger partial charge is 0.318 e. The van der Waals surface area contributed by atoms with E-state index in [1.165, 1.54) is 4.31 Å². The molecule has 7 nitrogen and oxygen atoms in total. The fourth-order valence-corrected chi connectivity index (χ4v) is 4.98. The van der Waals surface area contributed by atoms with Gasteiger partial charge in [0.05, 0.1) is 10.9 Å². The third-order valence-electron chi connectivity index (χ3n) is 4.83. The first kappa shape index (κ1) is 19.1. The Balaban J connectivity index is 1.71. The molecule has 0 aromatic heterocycles. The number of urea groups is 1. The molecule has 0 radical (unpaired) electrons. The van der Waals surface area contributed by atoms with Crippen LogP contribution in [0.2, 0.25) is 0 Å². The maximum absolute atomic E-state index is 12.7. The molecule has 2 amide bonds. The summed E-state index contributed by atoms with van der Waals surface area (Å²) in [5, 5.41) is 2.95. The van der Waals surface area contributed by atoms with Crippen LogP contribution in [0, 0.1) is 0 Å². The number of hydrogen-bond donors (Lipinski definition) is 1. The number of rotatable bonds is 5. The molecule has 0 atom stereocenters. The molecule has 0 spiro atoms. The maximum Gasteiger partial charge on any atom is 0.318 e. The molecule has 3 rings (SSSR count). The summed E-state index contributed by atoms with van der Waals surface area (Å²) in [4.78, 5) is 14.9. The van der Waals surface area contributed by atoms with E-state index in [9.17, 15) is 13.2 Å². The summed E-state index contributed by atoms with van der Waals surface area (Å²) in [6, 6.07) is 8.34. The first-order valence-corrected chi connectivity index (χ1v) is 10.6. The molecule has 2 aliphatic rings. The predicted molar refractivity (Wildman–Crippen MR) is 98.3 cm³/mol. The van der Waals surface area contributed by atoms with E-state index in [0.717, 1.165) is 12.8 Å². The Morgan fingerprint density at radius 1 is 1.15 bits per heavy atom. The first-order chi connectivity index (χ1) is 12.4. The topological polar surface area (TPSA) is 79.0 Å². The molecule has 0 aliphatic carbocycles. The standard InChI is InChI=1S/C18H27N3O4S/c1-14(2)19-18(22)21(15-8-10-25-11-9-15)16-12-20(13-16)26(23,24)17-6-4-3-5-7-17/h3-7,14-16H,8-13H2,1-2H3,(H,19,22). The van der Waals surface area contributed by atoms with E-state index >= 15 is 0 Å². The Hall–Kier alpha value is -1.64. The van der Waals surface area contributed by atoms with Crippen LogP contribution >= 0.6 is 0 Å². The van der Waals surface area contributed by atoms with Crippen LogP contribution in [0.15, 0.2) is 35.2 Å². The molecule has 2 aliphatic heterocycles. The van der Waals surface area contributed by atoms with E-state index in [1.54, 1.807) is 30.3 Å². The van der Waals surface area contributed by atoms with Gasteiger partial charge in [0.15, 0.2) is 0 Å². The van der Waals surface area contributed by atoms with Crippen LogP contribution in [0.4, 0.5) is 4.79 Å². The highest BCUT2D eigenvalue weighted by molar-refractivity contribution is 7.89. The SMILES string of the molecule is CC(C)NC(=O)N(C1CCOCC1)C1CN(S(=O)(=O)c2ccccc2)C1. The molecular formula is C18H27N3O4S. The highest BCUT2D eigenvalue weighted by atomic mass is 32.2. The molecule has 144 valence electrons. The lowest BCUT2D eigenvalue weighted by molar-refractivity contribution is 0.0108. The first-order valence-electron chi connectivity index (χ1n) is 9.11. The number of carbonyl (C=O) groups excluding carboxylic acids is 1. The number of amides is 2. The minimum Gasteiger partial charge on any atom is -0.381 e. The molecule has 1 aromatic carbocycles.